The van der Waals surface area contributed by atoms with E-state index in [0.717, 1.165) is 42.6 Å². The summed E-state index contributed by atoms with van der Waals surface area (Å²) in [7, 11) is 0. The van der Waals surface area contributed by atoms with E-state index in [1.807, 2.05) is 16.7 Å². The van der Waals surface area contributed by atoms with Crippen molar-refractivity contribution in [3.8, 4) is 0 Å². The number of aryl methyl sites for hydroxylation is 2. The third-order valence-corrected chi connectivity index (χ3v) is 5.84. The van der Waals surface area contributed by atoms with E-state index >= 15 is 0 Å². The van der Waals surface area contributed by atoms with E-state index in [1.165, 1.54) is 23.1 Å². The Bertz CT molecular complexity index is 1010. The van der Waals surface area contributed by atoms with Gasteiger partial charge in [0.05, 0.1) is 11.4 Å². The summed E-state index contributed by atoms with van der Waals surface area (Å²) in [5.41, 5.74) is 2.58. The number of aromatic amines is 1. The summed E-state index contributed by atoms with van der Waals surface area (Å²) in [5, 5.41) is 14.1. The predicted molar refractivity (Wildman–Crippen MR) is 96.5 cm³/mol. The van der Waals surface area contributed by atoms with E-state index in [4.69, 9.17) is 0 Å². The van der Waals surface area contributed by atoms with E-state index < -0.39 is 0 Å². The van der Waals surface area contributed by atoms with Gasteiger partial charge in [0.1, 0.15) is 0 Å². The van der Waals surface area contributed by atoms with Gasteiger partial charge in [0.25, 0.3) is 5.56 Å². The lowest BCUT2D eigenvalue weighted by Gasteiger charge is -2.16. The Labute approximate surface area is 151 Å². The molecule has 0 saturated carbocycles. The minimum absolute atomic E-state index is 0.0805. The number of thioether (sulfide) groups is 1. The molecule has 3 aromatic rings. The molecule has 2 N–H and O–H groups in total. The van der Waals surface area contributed by atoms with Crippen molar-refractivity contribution in [1.29, 1.82) is 0 Å². The summed E-state index contributed by atoms with van der Waals surface area (Å²) in [5.74, 6) is 0.492. The summed E-state index contributed by atoms with van der Waals surface area (Å²) in [6.45, 7) is 1.88. The van der Waals surface area contributed by atoms with Gasteiger partial charge in [-0.15, -0.1) is 21.5 Å². The second-order valence-corrected chi connectivity index (χ2v) is 7.66. The summed E-state index contributed by atoms with van der Waals surface area (Å²) >= 11 is 2.70. The molecule has 25 heavy (non-hydrogen) atoms. The van der Waals surface area contributed by atoms with Crippen molar-refractivity contribution < 1.29 is 4.79 Å². The van der Waals surface area contributed by atoms with Crippen molar-refractivity contribution >= 4 is 39.9 Å². The van der Waals surface area contributed by atoms with Crippen molar-refractivity contribution in [2.45, 2.75) is 37.8 Å². The quantitative estimate of drug-likeness (QED) is 0.673. The Morgan fingerprint density at radius 2 is 2.24 bits per heavy atom. The fraction of sp³-hybridized carbons (Fsp3) is 0.400. The number of rotatable bonds is 4. The second kappa shape index (κ2) is 6.60. The maximum absolute atomic E-state index is 12.1. The van der Waals surface area contributed by atoms with Crippen molar-refractivity contribution in [1.82, 2.24) is 24.6 Å². The molecule has 0 aromatic carbocycles. The van der Waals surface area contributed by atoms with Gasteiger partial charge in [-0.2, -0.15) is 0 Å². The molecule has 0 radical (unpaired) electrons. The van der Waals surface area contributed by atoms with Crippen molar-refractivity contribution in [3.63, 3.8) is 0 Å². The molecule has 0 unspecified atom stereocenters. The molecule has 0 spiro atoms. The minimum Gasteiger partial charge on any atom is -0.301 e. The fourth-order valence-electron chi connectivity index (χ4n) is 2.94. The number of amides is 1. The van der Waals surface area contributed by atoms with Crippen LogP contribution in [-0.2, 0) is 17.6 Å². The first-order valence-corrected chi connectivity index (χ1v) is 9.82. The molecule has 0 aliphatic heterocycles. The molecule has 10 heteroatoms. The molecule has 3 aromatic heterocycles. The molecule has 0 atom stereocenters. The lowest BCUT2D eigenvalue weighted by atomic mass is 9.97. The first kappa shape index (κ1) is 16.3. The third-order valence-electron chi connectivity index (χ3n) is 4.04. The van der Waals surface area contributed by atoms with Crippen LogP contribution in [0.25, 0.3) is 5.78 Å². The maximum atomic E-state index is 12.1. The first-order chi connectivity index (χ1) is 12.1. The number of aromatic nitrogens is 5. The Kier molecular flexibility index (Phi) is 4.30. The highest BCUT2D eigenvalue weighted by Crippen LogP contribution is 2.24. The zero-order chi connectivity index (χ0) is 17.4. The minimum atomic E-state index is -0.144. The Balaban J connectivity index is 1.55. The van der Waals surface area contributed by atoms with Crippen LogP contribution in [0.15, 0.2) is 15.3 Å². The van der Waals surface area contributed by atoms with Gasteiger partial charge in [-0.05, 0) is 32.6 Å². The maximum Gasteiger partial charge on any atom is 0.255 e. The normalized spacial score (nSPS) is 13.8. The van der Waals surface area contributed by atoms with E-state index in [-0.39, 0.29) is 17.2 Å². The molecule has 0 bridgehead atoms. The van der Waals surface area contributed by atoms with Crippen molar-refractivity contribution in [2.24, 2.45) is 0 Å². The summed E-state index contributed by atoms with van der Waals surface area (Å²) < 4.78 is 1.88. The van der Waals surface area contributed by atoms with Crippen LogP contribution < -0.4 is 10.9 Å². The highest BCUT2D eigenvalue weighted by Gasteiger charge is 2.20. The summed E-state index contributed by atoms with van der Waals surface area (Å²) in [6, 6.07) is 0. The smallest absolute Gasteiger partial charge is 0.255 e. The van der Waals surface area contributed by atoms with Gasteiger partial charge in [-0.25, -0.2) is 4.98 Å². The first-order valence-electron chi connectivity index (χ1n) is 7.96. The molecule has 4 rings (SSSR count). The fourth-order valence-corrected chi connectivity index (χ4v) is 4.40. The zero-order valence-electron chi connectivity index (χ0n) is 13.5. The lowest BCUT2D eigenvalue weighted by molar-refractivity contribution is -0.113. The van der Waals surface area contributed by atoms with Gasteiger partial charge < -0.3 is 5.32 Å². The number of H-pyrrole nitrogens is 1. The Hall–Kier alpha value is -2.20. The average molecular weight is 376 g/mol. The molecule has 1 amide bonds. The number of carbonyl (C=O) groups is 1. The van der Waals surface area contributed by atoms with Crippen LogP contribution in [0.5, 0.6) is 0 Å². The van der Waals surface area contributed by atoms with Crippen LogP contribution in [0.4, 0.5) is 5.13 Å². The van der Waals surface area contributed by atoms with Crippen molar-refractivity contribution in [2.75, 3.05) is 11.1 Å². The molecular weight excluding hydrogens is 360 g/mol. The van der Waals surface area contributed by atoms with Crippen molar-refractivity contribution in [3.05, 3.63) is 32.7 Å². The topological polar surface area (TPSA) is 105 Å². The van der Waals surface area contributed by atoms with Crippen LogP contribution in [0, 0.1) is 6.92 Å². The zero-order valence-corrected chi connectivity index (χ0v) is 15.2. The second-order valence-electron chi connectivity index (χ2n) is 5.86. The summed E-state index contributed by atoms with van der Waals surface area (Å²) in [6.07, 6.45) is 3.65. The van der Waals surface area contributed by atoms with E-state index in [0.29, 0.717) is 16.1 Å². The van der Waals surface area contributed by atoms with Gasteiger partial charge in [0.2, 0.25) is 11.7 Å². The molecule has 0 saturated heterocycles. The van der Waals surface area contributed by atoms with Crippen LogP contribution in [-0.4, -0.2) is 36.2 Å². The summed E-state index contributed by atoms with van der Waals surface area (Å²) in [4.78, 5) is 31.3. The van der Waals surface area contributed by atoms with Crippen LogP contribution in [0.2, 0.25) is 0 Å². The number of anilines is 1. The Morgan fingerprint density at radius 1 is 1.40 bits per heavy atom. The highest BCUT2D eigenvalue weighted by molar-refractivity contribution is 7.99. The molecule has 1 aliphatic rings. The molecule has 3 heterocycles. The number of nitrogens with one attached hydrogen (secondary N) is 2. The third kappa shape index (κ3) is 3.19. The molecule has 0 fully saturated rings. The van der Waals surface area contributed by atoms with E-state index in [9.17, 15) is 9.59 Å². The standard InChI is InChI=1S/C15H16N6O2S2/c1-8-6-24-14(16-8)17-11(22)7-25-15-20-19-13-18-12(23)9-4-2-3-5-10(9)21(13)15/h6H,2-5,7H2,1H3,(H,16,17,22)(H,18,19,23). The van der Waals surface area contributed by atoms with Gasteiger partial charge >= 0.3 is 0 Å². The highest BCUT2D eigenvalue weighted by atomic mass is 32.2. The molecule has 130 valence electrons. The number of fused-ring (bicyclic) bond motifs is 3. The molecular formula is C15H16N6O2S2. The average Bonchev–Trinajstić information content (AvgIpc) is 3.19. The molecule has 8 nitrogen and oxygen atoms in total. The van der Waals surface area contributed by atoms with E-state index in [2.05, 4.69) is 25.5 Å². The number of nitrogens with zero attached hydrogens (tertiary/aromatic N) is 4. The SMILES string of the molecule is Cc1csc(NC(=O)CSc2nnc3[nH]c(=O)c4c(n23)CCCC4)n1. The number of hydrogen-bond donors (Lipinski definition) is 2. The number of thiazole rings is 1. The predicted octanol–water partition coefficient (Wildman–Crippen LogP) is 1.79. The Morgan fingerprint density at radius 3 is 3.04 bits per heavy atom. The lowest BCUT2D eigenvalue weighted by Crippen LogP contribution is -2.23. The van der Waals surface area contributed by atoms with Gasteiger partial charge in [-0.3, -0.25) is 19.0 Å². The van der Waals surface area contributed by atoms with Crippen LogP contribution in [0.3, 0.4) is 0 Å². The van der Waals surface area contributed by atoms with Gasteiger partial charge in [0, 0.05) is 16.6 Å². The van der Waals surface area contributed by atoms with Gasteiger partial charge in [0.15, 0.2) is 10.3 Å². The van der Waals surface area contributed by atoms with Crippen LogP contribution in [0.1, 0.15) is 29.8 Å². The number of hydrogen-bond acceptors (Lipinski definition) is 7. The largest absolute Gasteiger partial charge is 0.301 e. The van der Waals surface area contributed by atoms with E-state index in [1.54, 1.807) is 0 Å². The van der Waals surface area contributed by atoms with Gasteiger partial charge in [-0.1, -0.05) is 11.8 Å². The van der Waals surface area contributed by atoms with Crippen LogP contribution >= 0.6 is 23.1 Å². The monoisotopic (exact) mass is 376 g/mol. The number of carbonyl (C=O) groups excluding carboxylic acids is 1. The molecule has 1 aliphatic carbocycles.